The van der Waals surface area contributed by atoms with Gasteiger partial charge in [0.05, 0.1) is 24.1 Å². The van der Waals surface area contributed by atoms with Gasteiger partial charge in [0.25, 0.3) is 0 Å². The Labute approximate surface area is 192 Å². The first-order chi connectivity index (χ1) is 15.5. The van der Waals surface area contributed by atoms with Crippen LogP contribution >= 0.6 is 0 Å². The minimum Gasteiger partial charge on any atom is -0.370 e. The smallest absolute Gasteiger partial charge is 0.370 e. The summed E-state index contributed by atoms with van der Waals surface area (Å²) in [4.78, 5) is 25.3. The average molecular weight is 459 g/mol. The van der Waals surface area contributed by atoms with E-state index in [0.29, 0.717) is 43.7 Å². The molecule has 1 aliphatic carbocycles. The van der Waals surface area contributed by atoms with Crippen LogP contribution in [0.25, 0.3) is 0 Å². The lowest BCUT2D eigenvalue weighted by atomic mass is 9.73. The molecule has 0 radical (unpaired) electrons. The van der Waals surface area contributed by atoms with E-state index in [0.717, 1.165) is 36.7 Å². The van der Waals surface area contributed by atoms with E-state index in [9.17, 15) is 18.0 Å². The van der Waals surface area contributed by atoms with Gasteiger partial charge in [0.15, 0.2) is 0 Å². The standard InChI is InChI=1S/C25H29F3N4O/c1-15-19-9-24(2,3)7-6-18(19)20-13-32(14-21(20)30-15)23(33)8-16-11-31(12-16)17-4-5-22(29-10-17)25(26,27)28/h4-5,10,16H,6-9,11-14H2,1-3H3. The van der Waals surface area contributed by atoms with Gasteiger partial charge < -0.3 is 9.80 Å². The van der Waals surface area contributed by atoms with Crippen LogP contribution in [0.2, 0.25) is 0 Å². The molecule has 0 atom stereocenters. The molecule has 0 spiro atoms. The summed E-state index contributed by atoms with van der Waals surface area (Å²) >= 11 is 0. The highest BCUT2D eigenvalue weighted by molar-refractivity contribution is 5.78. The van der Waals surface area contributed by atoms with Crippen molar-refractivity contribution in [2.45, 2.75) is 65.7 Å². The van der Waals surface area contributed by atoms with Crippen LogP contribution in [0.1, 0.15) is 60.5 Å². The van der Waals surface area contributed by atoms with Gasteiger partial charge >= 0.3 is 6.18 Å². The van der Waals surface area contributed by atoms with Crippen molar-refractivity contribution < 1.29 is 18.0 Å². The van der Waals surface area contributed by atoms with Crippen LogP contribution in [-0.2, 0) is 36.9 Å². The number of hydrogen-bond donors (Lipinski definition) is 0. The second-order valence-electron chi connectivity index (χ2n) is 10.5. The first-order valence-corrected chi connectivity index (χ1v) is 11.6. The molecule has 2 aliphatic heterocycles. The lowest BCUT2D eigenvalue weighted by Gasteiger charge is -2.41. The highest BCUT2D eigenvalue weighted by Gasteiger charge is 2.37. The maximum absolute atomic E-state index is 13.0. The molecular weight excluding hydrogens is 429 g/mol. The van der Waals surface area contributed by atoms with Gasteiger partial charge in [-0.2, -0.15) is 13.2 Å². The van der Waals surface area contributed by atoms with Gasteiger partial charge in [0, 0.05) is 37.7 Å². The number of fused-ring (bicyclic) bond motifs is 3. The lowest BCUT2D eigenvalue weighted by Crippen LogP contribution is -2.48. The van der Waals surface area contributed by atoms with Gasteiger partial charge in [-0.25, -0.2) is 4.98 Å². The van der Waals surface area contributed by atoms with Crippen LogP contribution in [0.5, 0.6) is 0 Å². The molecule has 0 unspecified atom stereocenters. The summed E-state index contributed by atoms with van der Waals surface area (Å²) in [7, 11) is 0. The molecule has 176 valence electrons. The molecule has 2 aromatic rings. The second-order valence-corrected chi connectivity index (χ2v) is 10.5. The van der Waals surface area contributed by atoms with E-state index >= 15 is 0 Å². The zero-order chi connectivity index (χ0) is 23.5. The van der Waals surface area contributed by atoms with Crippen LogP contribution in [-0.4, -0.2) is 33.9 Å². The van der Waals surface area contributed by atoms with Gasteiger partial charge in [-0.05, 0) is 60.4 Å². The molecular formula is C25H29F3N4O. The predicted molar refractivity (Wildman–Crippen MR) is 119 cm³/mol. The third-order valence-electron chi connectivity index (χ3n) is 7.39. The number of carbonyl (C=O) groups is 1. The number of amides is 1. The maximum atomic E-state index is 13.0. The Morgan fingerprint density at radius 2 is 1.91 bits per heavy atom. The fourth-order valence-corrected chi connectivity index (χ4v) is 5.43. The van der Waals surface area contributed by atoms with E-state index in [1.807, 2.05) is 9.80 Å². The Morgan fingerprint density at radius 3 is 2.58 bits per heavy atom. The van der Waals surface area contributed by atoms with Gasteiger partial charge in [0.2, 0.25) is 5.91 Å². The highest BCUT2D eigenvalue weighted by Crippen LogP contribution is 2.40. The van der Waals surface area contributed by atoms with Crippen LogP contribution in [0.15, 0.2) is 18.3 Å². The van der Waals surface area contributed by atoms with Crippen molar-refractivity contribution in [3.8, 4) is 0 Å². The zero-order valence-electron chi connectivity index (χ0n) is 19.3. The summed E-state index contributed by atoms with van der Waals surface area (Å²) in [6.45, 7) is 9.23. The third-order valence-corrected chi connectivity index (χ3v) is 7.39. The molecule has 0 bridgehead atoms. The van der Waals surface area contributed by atoms with Gasteiger partial charge in [0.1, 0.15) is 5.69 Å². The quantitative estimate of drug-likeness (QED) is 0.670. The van der Waals surface area contributed by atoms with E-state index in [1.54, 1.807) is 0 Å². The summed E-state index contributed by atoms with van der Waals surface area (Å²) in [5, 5.41) is 0. The predicted octanol–water partition coefficient (Wildman–Crippen LogP) is 4.69. The fourth-order valence-electron chi connectivity index (χ4n) is 5.43. The van der Waals surface area contributed by atoms with Crippen molar-refractivity contribution in [2.24, 2.45) is 11.3 Å². The number of alkyl halides is 3. The number of aromatic nitrogens is 2. The second kappa shape index (κ2) is 7.71. The fraction of sp³-hybridized carbons (Fsp3) is 0.560. The van der Waals surface area contributed by atoms with E-state index in [-0.39, 0.29) is 11.8 Å². The normalized spacial score (nSPS) is 19.8. The summed E-state index contributed by atoms with van der Waals surface area (Å²) in [5.74, 6) is 0.332. The Kier molecular flexibility index (Phi) is 5.18. The number of nitrogens with zero attached hydrogens (tertiary/aromatic N) is 4. The van der Waals surface area contributed by atoms with Crippen molar-refractivity contribution in [2.75, 3.05) is 18.0 Å². The molecule has 2 aromatic heterocycles. The average Bonchev–Trinajstić information content (AvgIpc) is 3.13. The van der Waals surface area contributed by atoms with E-state index in [2.05, 4.69) is 25.8 Å². The SMILES string of the molecule is Cc1nc2c(c3c1CC(C)(C)CC3)CN(C(=O)CC1CN(c3ccc(C(F)(F)F)nc3)C1)C2. The van der Waals surface area contributed by atoms with Crippen molar-refractivity contribution in [1.82, 2.24) is 14.9 Å². The lowest BCUT2D eigenvalue weighted by molar-refractivity contribution is -0.141. The molecule has 8 heteroatoms. The first kappa shape index (κ1) is 22.2. The topological polar surface area (TPSA) is 49.3 Å². The molecule has 4 heterocycles. The number of hydrogen-bond acceptors (Lipinski definition) is 4. The monoisotopic (exact) mass is 458 g/mol. The molecule has 0 N–H and O–H groups in total. The first-order valence-electron chi connectivity index (χ1n) is 11.6. The third kappa shape index (κ3) is 4.20. The molecule has 0 saturated carbocycles. The van der Waals surface area contributed by atoms with E-state index < -0.39 is 11.9 Å². The Balaban J connectivity index is 1.19. The van der Waals surface area contributed by atoms with Crippen LogP contribution < -0.4 is 4.90 Å². The van der Waals surface area contributed by atoms with Crippen molar-refractivity contribution in [3.63, 3.8) is 0 Å². The molecule has 3 aliphatic rings. The van der Waals surface area contributed by atoms with Crippen molar-refractivity contribution in [1.29, 1.82) is 0 Å². The Hall–Kier alpha value is -2.64. The molecule has 5 nitrogen and oxygen atoms in total. The highest BCUT2D eigenvalue weighted by atomic mass is 19.4. The molecule has 5 rings (SSSR count). The molecule has 33 heavy (non-hydrogen) atoms. The van der Waals surface area contributed by atoms with Gasteiger partial charge in [-0.1, -0.05) is 13.8 Å². The summed E-state index contributed by atoms with van der Waals surface area (Å²) in [6, 6.07) is 2.45. The van der Waals surface area contributed by atoms with Gasteiger partial charge in [-0.15, -0.1) is 0 Å². The van der Waals surface area contributed by atoms with Crippen LogP contribution in [0.3, 0.4) is 0 Å². The van der Waals surface area contributed by atoms with E-state index in [4.69, 9.17) is 4.98 Å². The Morgan fingerprint density at radius 1 is 1.15 bits per heavy atom. The van der Waals surface area contributed by atoms with Crippen LogP contribution in [0, 0.1) is 18.3 Å². The molecule has 1 saturated heterocycles. The van der Waals surface area contributed by atoms with Crippen molar-refractivity contribution in [3.05, 3.63) is 52.1 Å². The number of carbonyl (C=O) groups excluding carboxylic acids is 1. The largest absolute Gasteiger partial charge is 0.433 e. The number of pyridine rings is 2. The number of anilines is 1. The number of halogens is 3. The van der Waals surface area contributed by atoms with Crippen molar-refractivity contribution >= 4 is 11.6 Å². The van der Waals surface area contributed by atoms with E-state index in [1.165, 1.54) is 29.0 Å². The summed E-state index contributed by atoms with van der Waals surface area (Å²) in [6.07, 6.45) is 0.524. The van der Waals surface area contributed by atoms with Crippen LogP contribution in [0.4, 0.5) is 18.9 Å². The molecule has 1 amide bonds. The summed E-state index contributed by atoms with van der Waals surface area (Å²) < 4.78 is 38.1. The minimum atomic E-state index is -4.43. The zero-order valence-corrected chi connectivity index (χ0v) is 19.3. The van der Waals surface area contributed by atoms with Gasteiger partial charge in [-0.3, -0.25) is 9.78 Å². The molecule has 0 aromatic carbocycles. The minimum absolute atomic E-state index is 0.130. The Bertz CT molecular complexity index is 1090. The number of rotatable bonds is 3. The molecule has 1 fully saturated rings. The number of aryl methyl sites for hydroxylation is 1. The summed E-state index contributed by atoms with van der Waals surface area (Å²) in [5.41, 5.74) is 6.26. The maximum Gasteiger partial charge on any atom is 0.433 e.